The maximum Gasteiger partial charge on any atom is 0.319 e. The van der Waals surface area contributed by atoms with Gasteiger partial charge in [-0.15, -0.1) is 0 Å². The molecule has 0 heterocycles. The van der Waals surface area contributed by atoms with Crippen molar-refractivity contribution in [1.82, 2.24) is 5.32 Å². The molecule has 28 heavy (non-hydrogen) atoms. The number of urea groups is 1. The van der Waals surface area contributed by atoms with E-state index < -0.39 is 0 Å². The summed E-state index contributed by atoms with van der Waals surface area (Å²) in [5.41, 5.74) is 2.75. The predicted molar refractivity (Wildman–Crippen MR) is 108 cm³/mol. The molecule has 0 aliphatic carbocycles. The van der Waals surface area contributed by atoms with Crippen LogP contribution < -0.4 is 20.1 Å². The summed E-state index contributed by atoms with van der Waals surface area (Å²) in [5.74, 6) is 1.36. The molecule has 0 saturated heterocycles. The number of benzene rings is 2. The van der Waals surface area contributed by atoms with Crippen molar-refractivity contribution in [2.45, 2.75) is 13.0 Å². The Morgan fingerprint density at radius 2 is 1.75 bits per heavy atom. The van der Waals surface area contributed by atoms with E-state index in [2.05, 4.69) is 10.6 Å². The first-order valence-electron chi connectivity index (χ1n) is 9.07. The van der Waals surface area contributed by atoms with Gasteiger partial charge in [0.15, 0.2) is 11.5 Å². The van der Waals surface area contributed by atoms with E-state index in [1.54, 1.807) is 21.3 Å². The van der Waals surface area contributed by atoms with E-state index in [4.69, 9.17) is 18.9 Å². The van der Waals surface area contributed by atoms with Gasteiger partial charge in [-0.3, -0.25) is 0 Å². The molecule has 0 aliphatic rings. The van der Waals surface area contributed by atoms with Gasteiger partial charge >= 0.3 is 6.03 Å². The Bertz CT molecular complexity index is 751. The normalized spacial score (nSPS) is 10.4. The third kappa shape index (κ3) is 7.09. The second-order valence-corrected chi connectivity index (χ2v) is 6.07. The highest BCUT2D eigenvalue weighted by atomic mass is 16.5. The van der Waals surface area contributed by atoms with Crippen molar-refractivity contribution in [2.75, 3.05) is 46.4 Å². The lowest BCUT2D eigenvalue weighted by Gasteiger charge is -2.11. The summed E-state index contributed by atoms with van der Waals surface area (Å²) >= 11 is 0. The van der Waals surface area contributed by atoms with Crippen molar-refractivity contribution >= 4 is 11.7 Å². The van der Waals surface area contributed by atoms with Gasteiger partial charge in [0.05, 0.1) is 34.0 Å². The molecule has 0 radical (unpaired) electrons. The lowest BCUT2D eigenvalue weighted by molar-refractivity contribution is 0.0617. The van der Waals surface area contributed by atoms with Crippen molar-refractivity contribution in [2.24, 2.45) is 0 Å². The molecule has 2 amide bonds. The molecule has 0 unspecified atom stereocenters. The third-order valence-electron chi connectivity index (χ3n) is 4.03. The fourth-order valence-corrected chi connectivity index (χ4v) is 2.60. The van der Waals surface area contributed by atoms with Gasteiger partial charge < -0.3 is 29.6 Å². The highest BCUT2D eigenvalue weighted by molar-refractivity contribution is 5.89. The molecule has 7 heteroatoms. The Kier molecular flexibility index (Phi) is 9.10. The quantitative estimate of drug-likeness (QED) is 0.578. The van der Waals surface area contributed by atoms with Gasteiger partial charge in [-0.2, -0.15) is 0 Å². The van der Waals surface area contributed by atoms with Crippen LogP contribution in [-0.4, -0.2) is 47.1 Å². The molecule has 0 saturated carbocycles. The Morgan fingerprint density at radius 3 is 2.50 bits per heavy atom. The average molecular weight is 388 g/mol. The molecular formula is C21H28N2O5. The summed E-state index contributed by atoms with van der Waals surface area (Å²) in [6, 6.07) is 13.0. The van der Waals surface area contributed by atoms with Crippen molar-refractivity contribution < 1.29 is 23.7 Å². The molecule has 0 spiro atoms. The molecular weight excluding hydrogens is 360 g/mol. The number of amides is 2. The number of hydrogen-bond acceptors (Lipinski definition) is 5. The molecule has 152 valence electrons. The van der Waals surface area contributed by atoms with Crippen LogP contribution in [0.3, 0.4) is 0 Å². The zero-order chi connectivity index (χ0) is 20.2. The summed E-state index contributed by atoms with van der Waals surface area (Å²) < 4.78 is 21.0. The number of rotatable bonds is 11. The van der Waals surface area contributed by atoms with Crippen LogP contribution in [0.2, 0.25) is 0 Å². The van der Waals surface area contributed by atoms with Crippen LogP contribution in [0.1, 0.15) is 11.1 Å². The van der Waals surface area contributed by atoms with Crippen molar-refractivity contribution in [3.63, 3.8) is 0 Å². The summed E-state index contributed by atoms with van der Waals surface area (Å²) in [4.78, 5) is 12.1. The van der Waals surface area contributed by atoms with Gasteiger partial charge in [0.1, 0.15) is 0 Å². The van der Waals surface area contributed by atoms with Gasteiger partial charge in [0, 0.05) is 19.3 Å². The lowest BCUT2D eigenvalue weighted by Crippen LogP contribution is -2.30. The number of ether oxygens (including phenoxy) is 4. The minimum absolute atomic E-state index is 0.252. The molecule has 0 atom stereocenters. The summed E-state index contributed by atoms with van der Waals surface area (Å²) in [6.45, 7) is 2.06. The van der Waals surface area contributed by atoms with Gasteiger partial charge in [0.2, 0.25) is 0 Å². The number of nitrogens with one attached hydrogen (secondary N) is 2. The smallest absolute Gasteiger partial charge is 0.319 e. The van der Waals surface area contributed by atoms with Crippen LogP contribution in [-0.2, 0) is 22.5 Å². The van der Waals surface area contributed by atoms with E-state index in [1.165, 1.54) is 0 Å². The van der Waals surface area contributed by atoms with Gasteiger partial charge in [-0.1, -0.05) is 18.2 Å². The number of methoxy groups -OCH3 is 3. The topological polar surface area (TPSA) is 78.1 Å². The van der Waals surface area contributed by atoms with Crippen LogP contribution in [0.25, 0.3) is 0 Å². The maximum atomic E-state index is 12.1. The van der Waals surface area contributed by atoms with Crippen molar-refractivity contribution in [1.29, 1.82) is 0 Å². The molecule has 7 nitrogen and oxygen atoms in total. The van der Waals surface area contributed by atoms with Crippen molar-refractivity contribution in [3.05, 3.63) is 53.6 Å². The van der Waals surface area contributed by atoms with E-state index in [0.717, 1.165) is 16.8 Å². The second-order valence-electron chi connectivity index (χ2n) is 6.07. The van der Waals surface area contributed by atoms with Crippen LogP contribution in [0, 0.1) is 0 Å². The third-order valence-corrected chi connectivity index (χ3v) is 4.03. The monoisotopic (exact) mass is 388 g/mol. The molecule has 0 aromatic heterocycles. The van der Waals surface area contributed by atoms with E-state index >= 15 is 0 Å². The molecule has 0 bridgehead atoms. The van der Waals surface area contributed by atoms with E-state index in [9.17, 15) is 4.79 Å². The van der Waals surface area contributed by atoms with E-state index in [0.29, 0.717) is 44.3 Å². The fourth-order valence-electron chi connectivity index (χ4n) is 2.60. The molecule has 2 aromatic carbocycles. The SMILES string of the molecule is COCCOCc1cccc(NC(=O)NCCc2ccc(OC)c(OC)c2)c1. The van der Waals surface area contributed by atoms with Gasteiger partial charge in [0.25, 0.3) is 0 Å². The Balaban J connectivity index is 1.78. The Morgan fingerprint density at radius 1 is 0.929 bits per heavy atom. The highest BCUT2D eigenvalue weighted by Gasteiger charge is 2.06. The molecule has 0 aliphatic heterocycles. The molecule has 2 N–H and O–H groups in total. The number of hydrogen-bond donors (Lipinski definition) is 2. The maximum absolute atomic E-state index is 12.1. The highest BCUT2D eigenvalue weighted by Crippen LogP contribution is 2.27. The number of anilines is 1. The van der Waals surface area contributed by atoms with Crippen LogP contribution in [0.15, 0.2) is 42.5 Å². The molecule has 0 fully saturated rings. The zero-order valence-electron chi connectivity index (χ0n) is 16.6. The minimum Gasteiger partial charge on any atom is -0.493 e. The Labute approximate surface area is 165 Å². The van der Waals surface area contributed by atoms with Gasteiger partial charge in [-0.25, -0.2) is 4.79 Å². The van der Waals surface area contributed by atoms with Gasteiger partial charge in [-0.05, 0) is 41.8 Å². The standard InChI is InChI=1S/C21H28N2O5/c1-25-11-12-28-15-17-5-4-6-18(13-17)23-21(24)22-10-9-16-7-8-19(26-2)20(14-16)27-3/h4-8,13-14H,9-12,15H2,1-3H3,(H2,22,23,24). The first-order chi connectivity index (χ1) is 13.7. The molecule has 2 aromatic rings. The average Bonchev–Trinajstić information content (AvgIpc) is 2.71. The summed E-state index contributed by atoms with van der Waals surface area (Å²) in [5, 5.41) is 5.69. The number of carbonyl (C=O) groups excluding carboxylic acids is 1. The Hall–Kier alpha value is -2.77. The summed E-state index contributed by atoms with van der Waals surface area (Å²) in [6.07, 6.45) is 0.682. The summed E-state index contributed by atoms with van der Waals surface area (Å²) in [7, 11) is 4.84. The minimum atomic E-state index is -0.252. The largest absolute Gasteiger partial charge is 0.493 e. The first-order valence-corrected chi connectivity index (χ1v) is 9.07. The predicted octanol–water partition coefficient (Wildman–Crippen LogP) is 3.23. The lowest BCUT2D eigenvalue weighted by atomic mass is 10.1. The zero-order valence-corrected chi connectivity index (χ0v) is 16.6. The second kappa shape index (κ2) is 11.8. The van der Waals surface area contributed by atoms with Crippen LogP contribution in [0.5, 0.6) is 11.5 Å². The van der Waals surface area contributed by atoms with Crippen LogP contribution >= 0.6 is 0 Å². The fraction of sp³-hybridized carbons (Fsp3) is 0.381. The first kappa shape index (κ1) is 21.5. The molecule has 2 rings (SSSR count). The number of carbonyl (C=O) groups is 1. The van der Waals surface area contributed by atoms with Crippen molar-refractivity contribution in [3.8, 4) is 11.5 Å². The van der Waals surface area contributed by atoms with E-state index in [-0.39, 0.29) is 6.03 Å². The van der Waals surface area contributed by atoms with E-state index in [1.807, 2.05) is 42.5 Å². The van der Waals surface area contributed by atoms with Crippen LogP contribution in [0.4, 0.5) is 10.5 Å².